The molecule has 0 amide bonds. The maximum atomic E-state index is 9.13. The molecule has 0 aliphatic carbocycles. The number of hydrogen-bond acceptors (Lipinski definition) is 6. The molecule has 0 aromatic carbocycles. The average molecular weight is 300 g/mol. The minimum atomic E-state index is 0.0184. The molecule has 0 fully saturated rings. The molecule has 0 saturated carbocycles. The van der Waals surface area contributed by atoms with Crippen molar-refractivity contribution in [1.82, 2.24) is 4.37 Å². The van der Waals surface area contributed by atoms with Gasteiger partial charge in [-0.1, -0.05) is 11.6 Å². The Hall–Kier alpha value is -1.13. The van der Waals surface area contributed by atoms with E-state index < -0.39 is 0 Å². The summed E-state index contributed by atoms with van der Waals surface area (Å²) in [4.78, 5) is 1.92. The van der Waals surface area contributed by atoms with Crippen molar-refractivity contribution in [2.45, 2.75) is 6.54 Å². The molecule has 0 unspecified atom stereocenters. The lowest BCUT2D eigenvalue weighted by Crippen LogP contribution is -2.25. The van der Waals surface area contributed by atoms with E-state index in [1.54, 1.807) is 11.3 Å². The normalized spacial score (nSPS) is 10.3. The fourth-order valence-corrected chi connectivity index (χ4v) is 3.26. The van der Waals surface area contributed by atoms with Crippen LogP contribution in [-0.4, -0.2) is 22.6 Å². The SMILES string of the molecule is N#Cc1c(Cl)nsc1N(CCO)Cc1ccsc1. The van der Waals surface area contributed by atoms with Crippen LogP contribution in [0.1, 0.15) is 11.1 Å². The van der Waals surface area contributed by atoms with Gasteiger partial charge in [0.05, 0.1) is 6.61 Å². The molecule has 0 aliphatic heterocycles. The van der Waals surface area contributed by atoms with E-state index in [0.717, 1.165) is 5.56 Å². The van der Waals surface area contributed by atoms with Crippen LogP contribution in [0.2, 0.25) is 5.15 Å². The molecule has 1 N–H and O–H groups in total. The number of thiophene rings is 1. The van der Waals surface area contributed by atoms with Gasteiger partial charge in [-0.15, -0.1) is 0 Å². The van der Waals surface area contributed by atoms with Crippen molar-refractivity contribution < 1.29 is 5.11 Å². The van der Waals surface area contributed by atoms with Crippen LogP contribution in [0.3, 0.4) is 0 Å². The zero-order chi connectivity index (χ0) is 13.0. The Bertz CT molecular complexity index is 547. The zero-order valence-electron chi connectivity index (χ0n) is 9.34. The Morgan fingerprint density at radius 1 is 1.56 bits per heavy atom. The monoisotopic (exact) mass is 299 g/mol. The molecule has 7 heteroatoms. The average Bonchev–Trinajstić information content (AvgIpc) is 2.98. The van der Waals surface area contributed by atoms with Crippen molar-refractivity contribution >= 4 is 39.5 Å². The van der Waals surface area contributed by atoms with E-state index in [4.69, 9.17) is 22.0 Å². The Morgan fingerprint density at radius 2 is 2.39 bits per heavy atom. The van der Waals surface area contributed by atoms with E-state index in [0.29, 0.717) is 23.7 Å². The van der Waals surface area contributed by atoms with E-state index in [9.17, 15) is 0 Å². The van der Waals surface area contributed by atoms with Crippen molar-refractivity contribution in [1.29, 1.82) is 5.26 Å². The maximum Gasteiger partial charge on any atom is 0.162 e. The number of anilines is 1. The van der Waals surface area contributed by atoms with Crippen LogP contribution in [-0.2, 0) is 6.54 Å². The molecular weight excluding hydrogens is 290 g/mol. The van der Waals surface area contributed by atoms with Crippen LogP contribution < -0.4 is 4.90 Å². The highest BCUT2D eigenvalue weighted by Crippen LogP contribution is 2.32. The van der Waals surface area contributed by atoms with Crippen molar-refractivity contribution in [2.24, 2.45) is 0 Å². The Labute approximate surface area is 118 Å². The Morgan fingerprint density at radius 3 is 3.00 bits per heavy atom. The molecule has 0 aliphatic rings. The van der Waals surface area contributed by atoms with E-state index in [1.165, 1.54) is 11.5 Å². The fraction of sp³-hybridized carbons (Fsp3) is 0.273. The van der Waals surface area contributed by atoms with E-state index in [1.807, 2.05) is 21.7 Å². The smallest absolute Gasteiger partial charge is 0.162 e. The van der Waals surface area contributed by atoms with Gasteiger partial charge in [0, 0.05) is 13.1 Å². The second-order valence-corrected chi connectivity index (χ2v) is 5.43. The summed E-state index contributed by atoms with van der Waals surface area (Å²) in [6.45, 7) is 1.10. The lowest BCUT2D eigenvalue weighted by atomic mass is 10.3. The number of hydrogen-bond donors (Lipinski definition) is 1. The van der Waals surface area contributed by atoms with Crippen molar-refractivity contribution in [3.8, 4) is 6.07 Å². The molecule has 4 nitrogen and oxygen atoms in total. The number of aliphatic hydroxyl groups excluding tert-OH is 1. The lowest BCUT2D eigenvalue weighted by molar-refractivity contribution is 0.301. The quantitative estimate of drug-likeness (QED) is 0.922. The number of rotatable bonds is 5. The number of nitrogens with zero attached hydrogens (tertiary/aromatic N) is 3. The summed E-state index contributed by atoms with van der Waals surface area (Å²) in [5.41, 5.74) is 1.52. The second-order valence-electron chi connectivity index (χ2n) is 3.54. The molecule has 2 aromatic rings. The number of aromatic nitrogens is 1. The third kappa shape index (κ3) is 2.82. The van der Waals surface area contributed by atoms with Gasteiger partial charge in [0.1, 0.15) is 16.6 Å². The van der Waals surface area contributed by atoms with E-state index >= 15 is 0 Å². The molecule has 94 valence electrons. The number of halogens is 1. The highest BCUT2D eigenvalue weighted by Gasteiger charge is 2.18. The van der Waals surface area contributed by atoms with Crippen LogP contribution in [0.4, 0.5) is 5.00 Å². The first kappa shape index (κ1) is 13.3. The van der Waals surface area contributed by atoms with Gasteiger partial charge < -0.3 is 10.0 Å². The Kier molecular flexibility index (Phi) is 4.55. The summed E-state index contributed by atoms with van der Waals surface area (Å²) in [5, 5.41) is 23.2. The van der Waals surface area contributed by atoms with Crippen LogP contribution in [0.5, 0.6) is 0 Å². The van der Waals surface area contributed by atoms with Crippen LogP contribution in [0.15, 0.2) is 16.8 Å². The van der Waals surface area contributed by atoms with Crippen LogP contribution in [0, 0.1) is 11.3 Å². The molecule has 0 spiro atoms. The first-order valence-electron chi connectivity index (χ1n) is 5.18. The predicted molar refractivity (Wildman–Crippen MR) is 74.3 cm³/mol. The van der Waals surface area contributed by atoms with Gasteiger partial charge in [-0.05, 0) is 33.9 Å². The Balaban J connectivity index is 2.27. The molecular formula is C11H10ClN3OS2. The van der Waals surface area contributed by atoms with Crippen molar-refractivity contribution in [3.05, 3.63) is 33.1 Å². The highest BCUT2D eigenvalue weighted by molar-refractivity contribution is 7.10. The van der Waals surface area contributed by atoms with Gasteiger partial charge in [0.2, 0.25) is 0 Å². The lowest BCUT2D eigenvalue weighted by Gasteiger charge is -2.21. The molecule has 0 bridgehead atoms. The molecule has 0 radical (unpaired) electrons. The molecule has 2 rings (SSSR count). The zero-order valence-corrected chi connectivity index (χ0v) is 11.7. The minimum Gasteiger partial charge on any atom is -0.395 e. The summed E-state index contributed by atoms with van der Waals surface area (Å²) in [6, 6.07) is 4.08. The van der Waals surface area contributed by atoms with Gasteiger partial charge in [-0.3, -0.25) is 0 Å². The van der Waals surface area contributed by atoms with Gasteiger partial charge >= 0.3 is 0 Å². The van der Waals surface area contributed by atoms with E-state index in [-0.39, 0.29) is 11.8 Å². The second kappa shape index (κ2) is 6.16. The first-order valence-corrected chi connectivity index (χ1v) is 7.27. The van der Waals surface area contributed by atoms with Crippen LogP contribution in [0.25, 0.3) is 0 Å². The third-order valence-corrected chi connectivity index (χ3v) is 4.37. The third-order valence-electron chi connectivity index (χ3n) is 2.35. The molecule has 18 heavy (non-hydrogen) atoms. The summed E-state index contributed by atoms with van der Waals surface area (Å²) >= 11 is 8.66. The molecule has 0 atom stereocenters. The standard InChI is InChI=1S/C11H10ClN3OS2/c12-10-9(5-13)11(18-14-10)15(2-3-16)6-8-1-4-17-7-8/h1,4,7,16H,2-3,6H2. The summed E-state index contributed by atoms with van der Waals surface area (Å²) in [5.74, 6) is 0. The topological polar surface area (TPSA) is 60.2 Å². The first-order chi connectivity index (χ1) is 8.76. The predicted octanol–water partition coefficient (Wildman–Crippen LogP) is 2.73. The summed E-state index contributed by atoms with van der Waals surface area (Å²) in [7, 11) is 0. The molecule has 2 aromatic heterocycles. The van der Waals surface area contributed by atoms with Crippen molar-refractivity contribution in [2.75, 3.05) is 18.1 Å². The minimum absolute atomic E-state index is 0.0184. The van der Waals surface area contributed by atoms with Gasteiger partial charge in [-0.25, -0.2) is 0 Å². The summed E-state index contributed by atoms with van der Waals surface area (Å²) in [6.07, 6.45) is 0. The largest absolute Gasteiger partial charge is 0.395 e. The highest BCUT2D eigenvalue weighted by atomic mass is 35.5. The maximum absolute atomic E-state index is 9.13. The van der Waals surface area contributed by atoms with Gasteiger partial charge in [0.15, 0.2) is 5.15 Å². The fourth-order valence-electron chi connectivity index (χ4n) is 1.55. The van der Waals surface area contributed by atoms with Gasteiger partial charge in [-0.2, -0.15) is 21.0 Å². The molecule has 0 saturated heterocycles. The molecule has 2 heterocycles. The summed E-state index contributed by atoms with van der Waals surface area (Å²) < 4.78 is 3.98. The van der Waals surface area contributed by atoms with E-state index in [2.05, 4.69) is 10.4 Å². The number of nitriles is 1. The van der Waals surface area contributed by atoms with Crippen molar-refractivity contribution in [3.63, 3.8) is 0 Å². The number of aliphatic hydroxyl groups is 1. The van der Waals surface area contributed by atoms with Crippen LogP contribution >= 0.6 is 34.5 Å². The van der Waals surface area contributed by atoms with Gasteiger partial charge in [0.25, 0.3) is 0 Å².